The van der Waals surface area contributed by atoms with Crippen molar-refractivity contribution < 1.29 is 18.7 Å². The number of fused-ring (bicyclic) bond motifs is 1. The van der Waals surface area contributed by atoms with Crippen LogP contribution in [0.2, 0.25) is 0 Å². The molecule has 0 bridgehead atoms. The Kier molecular flexibility index (Phi) is 6.59. The van der Waals surface area contributed by atoms with Gasteiger partial charge in [0.2, 0.25) is 0 Å². The number of ether oxygens (including phenoxy) is 1. The van der Waals surface area contributed by atoms with Gasteiger partial charge in [0.1, 0.15) is 5.82 Å². The molecule has 3 aromatic carbocycles. The van der Waals surface area contributed by atoms with E-state index in [0.29, 0.717) is 43.9 Å². The van der Waals surface area contributed by atoms with Crippen LogP contribution < -0.4 is 5.32 Å². The second kappa shape index (κ2) is 10.6. The first kappa shape index (κ1) is 26.2. The van der Waals surface area contributed by atoms with Crippen molar-refractivity contribution in [1.29, 1.82) is 0 Å². The number of carbonyl (C=O) groups is 2. The third-order valence-electron chi connectivity index (χ3n) is 8.51. The van der Waals surface area contributed by atoms with E-state index in [1.54, 1.807) is 12.1 Å². The Morgan fingerprint density at radius 3 is 2.43 bits per heavy atom. The molecule has 2 saturated heterocycles. The molecule has 210 valence electrons. The number of amides is 2. The molecule has 0 saturated carbocycles. The lowest BCUT2D eigenvalue weighted by atomic mass is 9.81. The quantitative estimate of drug-likeness (QED) is 0.294. The minimum atomic E-state index is -0.311. The second-order valence-electron chi connectivity index (χ2n) is 11.3. The summed E-state index contributed by atoms with van der Waals surface area (Å²) in [6.07, 6.45) is 2.57. The summed E-state index contributed by atoms with van der Waals surface area (Å²) in [6, 6.07) is 31.6. The van der Waals surface area contributed by atoms with Gasteiger partial charge >= 0.3 is 0 Å². The normalized spacial score (nSPS) is 17.4. The third-order valence-corrected chi connectivity index (χ3v) is 8.51. The van der Waals surface area contributed by atoms with Crippen LogP contribution in [0.1, 0.15) is 31.8 Å². The fourth-order valence-electron chi connectivity index (χ4n) is 6.22. The van der Waals surface area contributed by atoms with Crippen LogP contribution in [0.4, 0.5) is 4.39 Å². The Morgan fingerprint density at radius 1 is 0.881 bits per heavy atom. The number of nitrogens with zero attached hydrogens (tertiary/aromatic N) is 2. The fourth-order valence-corrected chi connectivity index (χ4v) is 6.22. The van der Waals surface area contributed by atoms with Crippen LogP contribution in [0, 0.1) is 11.2 Å². The fraction of sp³-hybridized carbons (Fsp3) is 0.200. The van der Waals surface area contributed by atoms with E-state index in [0.717, 1.165) is 27.9 Å². The Hall–Kier alpha value is -4.75. The van der Waals surface area contributed by atoms with Gasteiger partial charge in [0.25, 0.3) is 11.8 Å². The van der Waals surface area contributed by atoms with E-state index in [1.165, 1.54) is 12.1 Å². The lowest BCUT2D eigenvalue weighted by molar-refractivity contribution is -0.114. The maximum Gasteiger partial charge on any atom is 0.253 e. The molecule has 5 aromatic rings. The number of pyridine rings is 1. The number of rotatable bonds is 6. The number of halogens is 1. The zero-order valence-electron chi connectivity index (χ0n) is 23.0. The molecule has 1 atom stereocenters. The molecular weight excluding hydrogens is 529 g/mol. The van der Waals surface area contributed by atoms with Gasteiger partial charge in [-0.05, 0) is 65.6 Å². The molecule has 7 heteroatoms. The van der Waals surface area contributed by atoms with Gasteiger partial charge in [0, 0.05) is 24.8 Å². The Labute approximate surface area is 243 Å². The first-order valence-electron chi connectivity index (χ1n) is 14.2. The second-order valence-corrected chi connectivity index (χ2v) is 11.3. The van der Waals surface area contributed by atoms with E-state index in [9.17, 15) is 14.0 Å². The molecule has 4 heterocycles. The molecule has 1 unspecified atom stereocenters. The lowest BCUT2D eigenvalue weighted by Crippen LogP contribution is -2.57. The zero-order chi connectivity index (χ0) is 28.7. The van der Waals surface area contributed by atoms with Crippen molar-refractivity contribution in [3.8, 4) is 11.3 Å². The van der Waals surface area contributed by atoms with Crippen molar-refractivity contribution in [1.82, 2.24) is 14.6 Å². The van der Waals surface area contributed by atoms with Crippen molar-refractivity contribution in [3.05, 3.63) is 137 Å². The third kappa shape index (κ3) is 4.76. The summed E-state index contributed by atoms with van der Waals surface area (Å²) in [5.74, 6) is -0.498. The monoisotopic (exact) mass is 559 g/mol. The SMILES string of the molecule is O=C(NC1CN(C(=O)c2cccc(Cc3ccc(F)cc3)c2)CC12COC2)c1cc(-c2ccccc2)n2ccccc12. The first-order chi connectivity index (χ1) is 20.5. The van der Waals surface area contributed by atoms with Crippen molar-refractivity contribution >= 4 is 17.3 Å². The topological polar surface area (TPSA) is 63.0 Å². The van der Waals surface area contributed by atoms with Crippen molar-refractivity contribution in [2.75, 3.05) is 26.3 Å². The highest BCUT2D eigenvalue weighted by Gasteiger charge is 2.53. The molecule has 1 spiro atoms. The molecule has 2 aliphatic rings. The van der Waals surface area contributed by atoms with Gasteiger partial charge in [0.05, 0.1) is 41.4 Å². The van der Waals surface area contributed by atoms with Crippen LogP contribution in [0.25, 0.3) is 16.8 Å². The Morgan fingerprint density at radius 2 is 1.67 bits per heavy atom. The largest absolute Gasteiger partial charge is 0.380 e. The van der Waals surface area contributed by atoms with Crippen LogP contribution >= 0.6 is 0 Å². The standard InChI is InChI=1S/C35H30FN3O3/c36-28-14-12-24(13-15-28)17-25-7-6-10-27(18-25)34(41)38-20-32(35(21-38)22-42-23-35)37-33(40)29-19-31(26-8-2-1-3-9-26)39-16-5-4-11-30(29)39/h1-16,18-19,32H,17,20-23H2,(H,37,40). The van der Waals surface area contributed by atoms with Crippen LogP contribution in [0.3, 0.4) is 0 Å². The average molecular weight is 560 g/mol. The lowest BCUT2D eigenvalue weighted by Gasteiger charge is -2.42. The number of likely N-dealkylation sites (tertiary alicyclic amines) is 1. The van der Waals surface area contributed by atoms with Gasteiger partial charge in [-0.1, -0.05) is 60.7 Å². The molecule has 2 aromatic heterocycles. The van der Waals surface area contributed by atoms with Crippen molar-refractivity contribution in [2.24, 2.45) is 5.41 Å². The van der Waals surface area contributed by atoms with Gasteiger partial charge < -0.3 is 19.4 Å². The smallest absolute Gasteiger partial charge is 0.253 e. The molecule has 0 aliphatic carbocycles. The van der Waals surface area contributed by atoms with Gasteiger partial charge in [-0.2, -0.15) is 0 Å². The number of benzene rings is 3. The maximum absolute atomic E-state index is 13.8. The molecule has 2 amide bonds. The van der Waals surface area contributed by atoms with Gasteiger partial charge in [-0.15, -0.1) is 0 Å². The maximum atomic E-state index is 13.8. The van der Waals surface area contributed by atoms with Crippen molar-refractivity contribution in [2.45, 2.75) is 12.5 Å². The molecule has 42 heavy (non-hydrogen) atoms. The molecule has 2 fully saturated rings. The summed E-state index contributed by atoms with van der Waals surface area (Å²) < 4.78 is 21.0. The van der Waals surface area contributed by atoms with Gasteiger partial charge in [-0.25, -0.2) is 4.39 Å². The van der Waals surface area contributed by atoms with Crippen LogP contribution in [0.15, 0.2) is 109 Å². The minimum absolute atomic E-state index is 0.0698. The van der Waals surface area contributed by atoms with E-state index in [-0.39, 0.29) is 29.1 Å². The number of hydrogen-bond acceptors (Lipinski definition) is 3. The van der Waals surface area contributed by atoms with E-state index in [2.05, 4.69) is 5.32 Å². The summed E-state index contributed by atoms with van der Waals surface area (Å²) in [4.78, 5) is 29.3. The van der Waals surface area contributed by atoms with Crippen LogP contribution in [-0.4, -0.2) is 53.5 Å². The molecule has 1 N–H and O–H groups in total. The van der Waals surface area contributed by atoms with E-state index in [4.69, 9.17) is 4.74 Å². The summed E-state index contributed by atoms with van der Waals surface area (Å²) in [7, 11) is 0. The summed E-state index contributed by atoms with van der Waals surface area (Å²) >= 11 is 0. The summed E-state index contributed by atoms with van der Waals surface area (Å²) in [5, 5.41) is 3.27. The van der Waals surface area contributed by atoms with Crippen molar-refractivity contribution in [3.63, 3.8) is 0 Å². The predicted molar refractivity (Wildman–Crippen MR) is 159 cm³/mol. The zero-order valence-corrected chi connectivity index (χ0v) is 23.0. The number of carbonyl (C=O) groups excluding carboxylic acids is 2. The molecule has 7 rings (SSSR count). The average Bonchev–Trinajstić information content (AvgIpc) is 3.58. The Bertz CT molecular complexity index is 1780. The Balaban J connectivity index is 1.11. The summed E-state index contributed by atoms with van der Waals surface area (Å²) in [6.45, 7) is 1.93. The van der Waals surface area contributed by atoms with Crippen LogP contribution in [-0.2, 0) is 11.2 Å². The van der Waals surface area contributed by atoms with Crippen LogP contribution in [0.5, 0.6) is 0 Å². The van der Waals surface area contributed by atoms with E-state index < -0.39 is 0 Å². The number of nitrogens with one attached hydrogen (secondary N) is 1. The van der Waals surface area contributed by atoms with Gasteiger partial charge in [-0.3, -0.25) is 9.59 Å². The molecular formula is C35H30FN3O3. The minimum Gasteiger partial charge on any atom is -0.380 e. The molecule has 0 radical (unpaired) electrons. The van der Waals surface area contributed by atoms with Gasteiger partial charge in [0.15, 0.2) is 0 Å². The molecule has 6 nitrogen and oxygen atoms in total. The highest BCUT2D eigenvalue weighted by Crippen LogP contribution is 2.39. The predicted octanol–water partition coefficient (Wildman–Crippen LogP) is 5.61. The van der Waals surface area contributed by atoms with E-state index in [1.807, 2.05) is 94.4 Å². The highest BCUT2D eigenvalue weighted by atomic mass is 19.1. The highest BCUT2D eigenvalue weighted by molar-refractivity contribution is 6.03. The molecule has 2 aliphatic heterocycles. The first-order valence-corrected chi connectivity index (χ1v) is 14.2. The summed E-state index contributed by atoms with van der Waals surface area (Å²) in [5.41, 5.74) is 5.65. The number of hydrogen-bond donors (Lipinski definition) is 1. The number of aromatic nitrogens is 1. The van der Waals surface area contributed by atoms with E-state index >= 15 is 0 Å².